The van der Waals surface area contributed by atoms with Crippen LogP contribution in [-0.4, -0.2) is 40.9 Å². The van der Waals surface area contributed by atoms with Gasteiger partial charge in [-0.3, -0.25) is 19.3 Å². The highest BCUT2D eigenvalue weighted by Gasteiger charge is 2.31. The summed E-state index contributed by atoms with van der Waals surface area (Å²) in [5, 5.41) is 1.82. The summed E-state index contributed by atoms with van der Waals surface area (Å²) < 4.78 is 28.7. The Morgan fingerprint density at radius 1 is 1.38 bits per heavy atom. The van der Waals surface area contributed by atoms with Gasteiger partial charge in [-0.2, -0.15) is 8.78 Å². The van der Waals surface area contributed by atoms with Crippen molar-refractivity contribution in [2.75, 3.05) is 17.6 Å². The predicted molar refractivity (Wildman–Crippen MR) is 71.3 cm³/mol. The quantitative estimate of drug-likeness (QED) is 0.898. The van der Waals surface area contributed by atoms with E-state index in [1.807, 2.05) is 0 Å². The predicted octanol–water partition coefficient (Wildman–Crippen LogP) is 1.92. The van der Waals surface area contributed by atoms with Crippen LogP contribution in [-0.2, 0) is 9.59 Å². The van der Waals surface area contributed by atoms with Crippen molar-refractivity contribution in [2.45, 2.75) is 6.61 Å². The van der Waals surface area contributed by atoms with E-state index in [0.717, 1.165) is 16.7 Å². The lowest BCUT2D eigenvalue weighted by molar-refractivity contribution is -0.128. The molecule has 0 aromatic heterocycles. The lowest BCUT2D eigenvalue weighted by Gasteiger charge is -2.14. The number of carbonyl (C=O) groups is 3. The Bertz CT molecular complexity index is 566. The van der Waals surface area contributed by atoms with E-state index in [1.165, 1.54) is 24.3 Å². The van der Waals surface area contributed by atoms with Crippen LogP contribution in [0.1, 0.15) is 0 Å². The zero-order valence-electron chi connectivity index (χ0n) is 10.5. The van der Waals surface area contributed by atoms with Crippen LogP contribution >= 0.6 is 11.8 Å². The zero-order chi connectivity index (χ0) is 15.4. The summed E-state index contributed by atoms with van der Waals surface area (Å²) >= 11 is 0.807. The lowest BCUT2D eigenvalue weighted by atomic mass is 10.3. The van der Waals surface area contributed by atoms with Gasteiger partial charge in [0.15, 0.2) is 0 Å². The van der Waals surface area contributed by atoms with Crippen molar-refractivity contribution >= 4 is 34.5 Å². The number of hydrogen-bond donors (Lipinski definition) is 1. The molecule has 0 spiro atoms. The molecule has 0 atom stereocenters. The van der Waals surface area contributed by atoms with Crippen LogP contribution in [0.2, 0.25) is 0 Å². The van der Waals surface area contributed by atoms with Crippen molar-refractivity contribution in [2.24, 2.45) is 0 Å². The number of halogens is 2. The molecule has 0 radical (unpaired) electrons. The number of para-hydroxylation sites is 2. The van der Waals surface area contributed by atoms with Crippen LogP contribution in [0.25, 0.3) is 0 Å². The average molecular weight is 316 g/mol. The van der Waals surface area contributed by atoms with Crippen LogP contribution in [0.5, 0.6) is 5.75 Å². The number of imide groups is 1. The molecule has 2 rings (SSSR count). The lowest BCUT2D eigenvalue weighted by Crippen LogP contribution is -2.36. The maximum atomic E-state index is 12.2. The number of amides is 3. The molecule has 1 saturated heterocycles. The molecule has 1 aliphatic rings. The summed E-state index contributed by atoms with van der Waals surface area (Å²) in [6.45, 7) is -3.49. The minimum atomic E-state index is -3.03. The van der Waals surface area contributed by atoms with Crippen molar-refractivity contribution in [3.8, 4) is 5.75 Å². The van der Waals surface area contributed by atoms with E-state index in [0.29, 0.717) is 0 Å². The highest BCUT2D eigenvalue weighted by atomic mass is 32.2. The maximum absolute atomic E-state index is 12.2. The Balaban J connectivity index is 2.03. The topological polar surface area (TPSA) is 75.7 Å². The third-order valence-electron chi connectivity index (χ3n) is 2.52. The zero-order valence-corrected chi connectivity index (χ0v) is 11.4. The van der Waals surface area contributed by atoms with Crippen LogP contribution in [0.3, 0.4) is 0 Å². The van der Waals surface area contributed by atoms with Crippen molar-refractivity contribution in [1.82, 2.24) is 4.90 Å². The molecule has 1 fully saturated rings. The fourth-order valence-electron chi connectivity index (χ4n) is 1.64. The number of rotatable bonds is 5. The van der Waals surface area contributed by atoms with Crippen LogP contribution in [0, 0.1) is 0 Å². The molecule has 1 aromatic rings. The molecule has 1 aromatic carbocycles. The molecule has 6 nitrogen and oxygen atoms in total. The molecular formula is C12H10F2N2O4S. The minimum Gasteiger partial charge on any atom is -0.433 e. The third-order valence-corrected chi connectivity index (χ3v) is 3.38. The monoisotopic (exact) mass is 316 g/mol. The van der Waals surface area contributed by atoms with Gasteiger partial charge in [-0.1, -0.05) is 23.9 Å². The van der Waals surface area contributed by atoms with E-state index in [4.69, 9.17) is 0 Å². The van der Waals surface area contributed by atoms with Crippen molar-refractivity contribution < 1.29 is 27.9 Å². The molecule has 0 unspecified atom stereocenters. The van der Waals surface area contributed by atoms with Crippen LogP contribution in [0.4, 0.5) is 19.3 Å². The Hall–Kier alpha value is -2.16. The Morgan fingerprint density at radius 2 is 2.10 bits per heavy atom. The van der Waals surface area contributed by atoms with Gasteiger partial charge in [-0.05, 0) is 12.1 Å². The highest BCUT2D eigenvalue weighted by molar-refractivity contribution is 8.14. The van der Waals surface area contributed by atoms with Gasteiger partial charge in [0.1, 0.15) is 12.3 Å². The first-order chi connectivity index (χ1) is 9.97. The maximum Gasteiger partial charge on any atom is 0.387 e. The van der Waals surface area contributed by atoms with E-state index in [1.54, 1.807) is 0 Å². The molecule has 1 heterocycles. The molecule has 0 saturated carbocycles. The number of benzene rings is 1. The number of nitrogens with one attached hydrogen (secondary N) is 1. The van der Waals surface area contributed by atoms with Crippen LogP contribution in [0.15, 0.2) is 24.3 Å². The molecule has 9 heteroatoms. The molecule has 112 valence electrons. The van der Waals surface area contributed by atoms with E-state index in [-0.39, 0.29) is 17.2 Å². The minimum absolute atomic E-state index is 0.00278. The molecule has 0 aliphatic carbocycles. The van der Waals surface area contributed by atoms with Gasteiger partial charge in [0, 0.05) is 0 Å². The fourth-order valence-corrected chi connectivity index (χ4v) is 2.36. The van der Waals surface area contributed by atoms with Gasteiger partial charge in [-0.15, -0.1) is 0 Å². The number of hydrogen-bond acceptors (Lipinski definition) is 5. The first-order valence-electron chi connectivity index (χ1n) is 5.78. The van der Waals surface area contributed by atoms with Crippen LogP contribution < -0.4 is 10.1 Å². The van der Waals surface area contributed by atoms with E-state index < -0.39 is 30.2 Å². The first-order valence-corrected chi connectivity index (χ1v) is 6.76. The second-order valence-electron chi connectivity index (χ2n) is 3.96. The summed E-state index contributed by atoms with van der Waals surface area (Å²) in [4.78, 5) is 35.3. The van der Waals surface area contributed by atoms with Gasteiger partial charge in [0.2, 0.25) is 11.8 Å². The van der Waals surface area contributed by atoms with Crippen molar-refractivity contribution in [3.05, 3.63) is 24.3 Å². The summed E-state index contributed by atoms with van der Waals surface area (Å²) in [5.41, 5.74) is 0.0366. The average Bonchev–Trinajstić information content (AvgIpc) is 2.72. The number of ether oxygens (including phenoxy) is 1. The first kappa shape index (κ1) is 15.2. The normalized spacial score (nSPS) is 14.7. The van der Waals surface area contributed by atoms with Gasteiger partial charge < -0.3 is 10.1 Å². The molecule has 3 amide bonds. The molecule has 1 N–H and O–H groups in total. The number of nitrogens with zero attached hydrogens (tertiary/aromatic N) is 1. The standard InChI is InChI=1S/C12H10F2N2O4S/c13-11(14)20-8-4-2-1-3-7(8)15-9(17)5-16-10(18)6-21-12(16)19/h1-4,11H,5-6H2,(H,15,17). The van der Waals surface area contributed by atoms with Gasteiger partial charge in [0.05, 0.1) is 11.4 Å². The third kappa shape index (κ3) is 3.91. The summed E-state index contributed by atoms with van der Waals surface area (Å²) in [7, 11) is 0. The summed E-state index contributed by atoms with van der Waals surface area (Å²) in [6.07, 6.45) is 0. The second kappa shape index (κ2) is 6.53. The van der Waals surface area contributed by atoms with Crippen molar-refractivity contribution in [3.63, 3.8) is 0 Å². The summed E-state index contributed by atoms with van der Waals surface area (Å²) in [5.74, 6) is -1.34. The SMILES string of the molecule is O=C(CN1C(=O)CSC1=O)Nc1ccccc1OC(F)F. The Morgan fingerprint density at radius 3 is 2.71 bits per heavy atom. The Kier molecular flexibility index (Phi) is 4.73. The highest BCUT2D eigenvalue weighted by Crippen LogP contribution is 2.25. The number of carbonyl (C=O) groups excluding carboxylic acids is 3. The van der Waals surface area contributed by atoms with E-state index in [2.05, 4.69) is 10.1 Å². The molecular weight excluding hydrogens is 306 g/mol. The number of thioether (sulfide) groups is 1. The van der Waals surface area contributed by atoms with E-state index in [9.17, 15) is 23.2 Å². The molecule has 21 heavy (non-hydrogen) atoms. The molecule has 0 bridgehead atoms. The largest absolute Gasteiger partial charge is 0.433 e. The van der Waals surface area contributed by atoms with Crippen molar-refractivity contribution in [1.29, 1.82) is 0 Å². The number of alkyl halides is 2. The van der Waals surface area contributed by atoms with Gasteiger partial charge in [-0.25, -0.2) is 0 Å². The smallest absolute Gasteiger partial charge is 0.387 e. The number of anilines is 1. The van der Waals surface area contributed by atoms with E-state index >= 15 is 0 Å². The van der Waals surface area contributed by atoms with Gasteiger partial charge >= 0.3 is 6.61 Å². The van der Waals surface area contributed by atoms with Gasteiger partial charge in [0.25, 0.3) is 5.24 Å². The summed E-state index contributed by atoms with van der Waals surface area (Å²) in [6, 6.07) is 5.63. The molecule has 1 aliphatic heterocycles. The fraction of sp³-hybridized carbons (Fsp3) is 0.250. The second-order valence-corrected chi connectivity index (χ2v) is 4.88. The Labute approximate surface area is 122 Å².